The number of carbonyl (C=O) groups excluding carboxylic acids is 3. The summed E-state index contributed by atoms with van der Waals surface area (Å²) in [5.74, 6) is -0.185. The Labute approximate surface area is 164 Å². The van der Waals surface area contributed by atoms with Gasteiger partial charge in [0.25, 0.3) is 0 Å². The number of benzene rings is 1. The van der Waals surface area contributed by atoms with E-state index in [0.717, 1.165) is 0 Å². The highest BCUT2D eigenvalue weighted by Crippen LogP contribution is 2.58. The van der Waals surface area contributed by atoms with Crippen LogP contribution in [-0.2, 0) is 14.4 Å². The Balaban J connectivity index is 1.95. The summed E-state index contributed by atoms with van der Waals surface area (Å²) in [6.07, 6.45) is 1.22. The van der Waals surface area contributed by atoms with Crippen LogP contribution in [0.1, 0.15) is 40.0 Å². The number of anilines is 1. The van der Waals surface area contributed by atoms with Crippen molar-refractivity contribution in [3.05, 3.63) is 23.2 Å². The first-order valence-electron chi connectivity index (χ1n) is 8.92. The van der Waals surface area contributed by atoms with Crippen molar-refractivity contribution in [1.29, 1.82) is 0 Å². The Morgan fingerprint density at radius 3 is 2.19 bits per heavy atom. The second-order valence-corrected chi connectivity index (χ2v) is 9.12. The van der Waals surface area contributed by atoms with Crippen LogP contribution in [0.5, 0.6) is 5.75 Å². The molecule has 1 aromatic carbocycles. The third-order valence-corrected chi connectivity index (χ3v) is 6.18. The molecule has 1 aliphatic carbocycles. The van der Waals surface area contributed by atoms with Gasteiger partial charge in [-0.25, -0.2) is 0 Å². The number of amides is 3. The molecular formula is C20H25ClN2O4. The van der Waals surface area contributed by atoms with Gasteiger partial charge in [-0.1, -0.05) is 32.4 Å². The average Bonchev–Trinajstić information content (AvgIpc) is 2.58. The van der Waals surface area contributed by atoms with Crippen LogP contribution in [0, 0.1) is 16.2 Å². The number of hydrogen-bond acceptors (Lipinski definition) is 4. The molecular weight excluding hydrogens is 368 g/mol. The van der Waals surface area contributed by atoms with Crippen LogP contribution < -0.4 is 10.1 Å². The molecule has 2 bridgehead atoms. The quantitative estimate of drug-likeness (QED) is 0.799. The maximum Gasteiger partial charge on any atom is 0.234 e. The van der Waals surface area contributed by atoms with E-state index in [1.54, 1.807) is 18.2 Å². The molecule has 27 heavy (non-hydrogen) atoms. The van der Waals surface area contributed by atoms with E-state index in [1.165, 1.54) is 19.1 Å². The van der Waals surface area contributed by atoms with Gasteiger partial charge < -0.3 is 10.1 Å². The first kappa shape index (κ1) is 19.7. The van der Waals surface area contributed by atoms with Gasteiger partial charge in [-0.2, -0.15) is 0 Å². The van der Waals surface area contributed by atoms with Gasteiger partial charge in [-0.3, -0.25) is 19.3 Å². The third kappa shape index (κ3) is 3.10. The summed E-state index contributed by atoms with van der Waals surface area (Å²) in [5, 5.41) is 3.37. The van der Waals surface area contributed by atoms with Gasteiger partial charge in [-0.15, -0.1) is 0 Å². The lowest BCUT2D eigenvalue weighted by atomic mass is 9.51. The van der Waals surface area contributed by atoms with Crippen molar-refractivity contribution in [3.8, 4) is 5.75 Å². The van der Waals surface area contributed by atoms with Crippen molar-refractivity contribution in [3.63, 3.8) is 0 Å². The lowest BCUT2D eigenvalue weighted by molar-refractivity contribution is -0.177. The number of likely N-dealkylation sites (tertiary alicyclic amines) is 1. The summed E-state index contributed by atoms with van der Waals surface area (Å²) in [6, 6.07) is 4.98. The minimum atomic E-state index is -0.873. The molecule has 7 heteroatoms. The molecule has 2 aliphatic rings. The largest absolute Gasteiger partial charge is 0.495 e. The number of methoxy groups -OCH3 is 1. The SMILES string of the molecule is COc1ccc(Cl)cc1NC(=O)C1(C)CC2(C)CC(C)(C1)C(=O)N(C)C2=O. The third-order valence-electron chi connectivity index (χ3n) is 5.94. The average molecular weight is 393 g/mol. The minimum absolute atomic E-state index is 0.218. The number of piperidine rings is 1. The molecule has 1 heterocycles. The maximum absolute atomic E-state index is 13.2. The van der Waals surface area contributed by atoms with E-state index in [9.17, 15) is 14.4 Å². The zero-order chi connectivity index (χ0) is 20.2. The Hall–Kier alpha value is -2.08. The fourth-order valence-electron chi connectivity index (χ4n) is 5.19. The first-order chi connectivity index (χ1) is 12.4. The number of ether oxygens (including phenoxy) is 1. The van der Waals surface area contributed by atoms with Gasteiger partial charge >= 0.3 is 0 Å². The number of hydrogen-bond donors (Lipinski definition) is 1. The highest BCUT2D eigenvalue weighted by atomic mass is 35.5. The summed E-state index contributed by atoms with van der Waals surface area (Å²) in [4.78, 5) is 40.0. The lowest BCUT2D eigenvalue weighted by Crippen LogP contribution is -2.63. The van der Waals surface area contributed by atoms with Crippen molar-refractivity contribution in [2.45, 2.75) is 40.0 Å². The first-order valence-corrected chi connectivity index (χ1v) is 9.30. The van der Waals surface area contributed by atoms with Crippen LogP contribution in [0.15, 0.2) is 18.2 Å². The van der Waals surface area contributed by atoms with Crippen LogP contribution in [-0.4, -0.2) is 36.8 Å². The Kier molecular flexibility index (Phi) is 4.54. The van der Waals surface area contributed by atoms with Crippen molar-refractivity contribution in [1.82, 2.24) is 4.90 Å². The zero-order valence-corrected chi connectivity index (χ0v) is 17.1. The smallest absolute Gasteiger partial charge is 0.234 e. The van der Waals surface area contributed by atoms with E-state index in [2.05, 4.69) is 5.32 Å². The predicted octanol–water partition coefficient (Wildman–Crippen LogP) is 3.49. The zero-order valence-electron chi connectivity index (χ0n) is 16.3. The molecule has 3 rings (SSSR count). The predicted molar refractivity (Wildman–Crippen MR) is 103 cm³/mol. The molecule has 6 nitrogen and oxygen atoms in total. The lowest BCUT2D eigenvalue weighted by Gasteiger charge is -2.55. The van der Waals surface area contributed by atoms with Crippen LogP contribution in [0.4, 0.5) is 5.69 Å². The van der Waals surface area contributed by atoms with Crippen LogP contribution in [0.2, 0.25) is 5.02 Å². The fourth-order valence-corrected chi connectivity index (χ4v) is 5.36. The minimum Gasteiger partial charge on any atom is -0.495 e. The summed E-state index contributed by atoms with van der Waals surface area (Å²) in [5.41, 5.74) is -1.90. The Morgan fingerprint density at radius 2 is 1.67 bits per heavy atom. The normalized spacial score (nSPS) is 33.0. The fraction of sp³-hybridized carbons (Fsp3) is 0.550. The number of halogens is 1. The van der Waals surface area contributed by atoms with E-state index < -0.39 is 16.2 Å². The number of imide groups is 1. The summed E-state index contributed by atoms with van der Waals surface area (Å²) < 4.78 is 5.30. The number of carbonyl (C=O) groups is 3. The molecule has 0 radical (unpaired) electrons. The maximum atomic E-state index is 13.2. The van der Waals surface area contributed by atoms with Crippen molar-refractivity contribution in [2.75, 3.05) is 19.5 Å². The second-order valence-electron chi connectivity index (χ2n) is 8.68. The molecule has 1 saturated heterocycles. The van der Waals surface area contributed by atoms with Crippen LogP contribution in [0.25, 0.3) is 0 Å². The van der Waals surface area contributed by atoms with E-state index in [1.807, 2.05) is 20.8 Å². The summed E-state index contributed by atoms with van der Waals surface area (Å²) in [6.45, 7) is 5.52. The molecule has 2 unspecified atom stereocenters. The number of fused-ring (bicyclic) bond motifs is 2. The highest BCUT2D eigenvalue weighted by Gasteiger charge is 2.62. The number of nitrogens with one attached hydrogen (secondary N) is 1. The second kappa shape index (κ2) is 6.23. The van der Waals surface area contributed by atoms with Crippen molar-refractivity contribution < 1.29 is 19.1 Å². The van der Waals surface area contributed by atoms with E-state index in [4.69, 9.17) is 16.3 Å². The summed E-state index contributed by atoms with van der Waals surface area (Å²) >= 11 is 6.05. The monoisotopic (exact) mass is 392 g/mol. The Bertz CT molecular complexity index is 809. The topological polar surface area (TPSA) is 75.7 Å². The van der Waals surface area contributed by atoms with Gasteiger partial charge in [0, 0.05) is 28.3 Å². The molecule has 146 valence electrons. The van der Waals surface area contributed by atoms with Gasteiger partial charge in [0.1, 0.15) is 5.75 Å². The van der Waals surface area contributed by atoms with Gasteiger partial charge in [-0.05, 0) is 37.5 Å². The molecule has 2 fully saturated rings. The molecule has 1 N–H and O–H groups in total. The highest BCUT2D eigenvalue weighted by molar-refractivity contribution is 6.31. The molecule has 3 amide bonds. The molecule has 0 spiro atoms. The number of rotatable bonds is 3. The van der Waals surface area contributed by atoms with Crippen molar-refractivity contribution >= 4 is 35.0 Å². The number of nitrogens with zero attached hydrogens (tertiary/aromatic N) is 1. The van der Waals surface area contributed by atoms with Gasteiger partial charge in [0.2, 0.25) is 17.7 Å². The van der Waals surface area contributed by atoms with Gasteiger partial charge in [0.05, 0.1) is 12.8 Å². The molecule has 1 aliphatic heterocycles. The molecule has 1 aromatic rings. The van der Waals surface area contributed by atoms with E-state index in [-0.39, 0.29) is 17.7 Å². The van der Waals surface area contributed by atoms with Crippen LogP contribution in [0.3, 0.4) is 0 Å². The standard InChI is InChI=1S/C20H25ClN2O4/c1-18(15(24)22-13-8-12(21)6-7-14(13)27-5)9-19(2)11-20(3,10-18)17(26)23(4)16(19)25/h6-8H,9-11H2,1-5H3,(H,22,24). The Morgan fingerprint density at radius 1 is 1.11 bits per heavy atom. The van der Waals surface area contributed by atoms with Crippen molar-refractivity contribution in [2.24, 2.45) is 16.2 Å². The van der Waals surface area contributed by atoms with E-state index in [0.29, 0.717) is 35.7 Å². The molecule has 0 aromatic heterocycles. The summed E-state index contributed by atoms with van der Waals surface area (Å²) in [7, 11) is 3.04. The van der Waals surface area contributed by atoms with Gasteiger partial charge in [0.15, 0.2) is 0 Å². The molecule has 2 atom stereocenters. The molecule has 1 saturated carbocycles. The van der Waals surface area contributed by atoms with Crippen LogP contribution >= 0.6 is 11.6 Å². The van der Waals surface area contributed by atoms with E-state index >= 15 is 0 Å².